The Hall–Kier alpha value is -1.56. The lowest BCUT2D eigenvalue weighted by Gasteiger charge is -2.24. The maximum atomic E-state index is 12.0. The summed E-state index contributed by atoms with van der Waals surface area (Å²) in [5, 5.41) is 2.76. The monoisotopic (exact) mass is 312 g/mol. The molecule has 0 saturated heterocycles. The first-order valence-corrected chi connectivity index (χ1v) is 8.92. The van der Waals surface area contributed by atoms with E-state index >= 15 is 0 Å². The van der Waals surface area contributed by atoms with Gasteiger partial charge in [0, 0.05) is 19.5 Å². The van der Waals surface area contributed by atoms with Crippen LogP contribution in [0.15, 0.2) is 18.2 Å². The summed E-state index contributed by atoms with van der Waals surface area (Å²) in [5.74, 6) is -0.129. The number of benzene rings is 1. The molecule has 118 valence electrons. The minimum Gasteiger partial charge on any atom is -0.356 e. The molecule has 6 heteroatoms. The zero-order chi connectivity index (χ0) is 16.0. The van der Waals surface area contributed by atoms with Crippen molar-refractivity contribution in [1.29, 1.82) is 0 Å². The van der Waals surface area contributed by atoms with Crippen LogP contribution in [-0.2, 0) is 14.8 Å². The summed E-state index contributed by atoms with van der Waals surface area (Å²) in [6.07, 6.45) is 2.18. The number of hydrogen-bond acceptors (Lipinski definition) is 3. The summed E-state index contributed by atoms with van der Waals surface area (Å²) in [6, 6.07) is 5.54. The van der Waals surface area contributed by atoms with E-state index in [1.54, 1.807) is 6.07 Å². The van der Waals surface area contributed by atoms with Crippen LogP contribution in [0, 0.1) is 13.8 Å². The number of amides is 1. The van der Waals surface area contributed by atoms with Gasteiger partial charge in [0.15, 0.2) is 0 Å². The van der Waals surface area contributed by atoms with Crippen LogP contribution in [0.5, 0.6) is 0 Å². The molecule has 5 nitrogen and oxygen atoms in total. The standard InChI is InChI=1S/C15H24N2O3S/c1-5-10-16-15(18)9-11-17(21(4,19)20)14-8-6-7-12(2)13(14)3/h6-8H,5,9-11H2,1-4H3,(H,16,18). The number of carbonyl (C=O) groups is 1. The van der Waals surface area contributed by atoms with Gasteiger partial charge in [0.1, 0.15) is 0 Å². The normalized spacial score (nSPS) is 11.2. The molecule has 0 aliphatic rings. The van der Waals surface area contributed by atoms with E-state index in [-0.39, 0.29) is 18.9 Å². The molecule has 0 bridgehead atoms. The van der Waals surface area contributed by atoms with Crippen molar-refractivity contribution in [2.75, 3.05) is 23.7 Å². The van der Waals surface area contributed by atoms with Gasteiger partial charge in [0.25, 0.3) is 0 Å². The molecule has 0 fully saturated rings. The molecule has 0 aromatic heterocycles. The highest BCUT2D eigenvalue weighted by Gasteiger charge is 2.20. The summed E-state index contributed by atoms with van der Waals surface area (Å²) >= 11 is 0. The summed E-state index contributed by atoms with van der Waals surface area (Å²) in [5.41, 5.74) is 2.58. The van der Waals surface area contributed by atoms with Crippen LogP contribution in [0.4, 0.5) is 5.69 Å². The number of sulfonamides is 1. The lowest BCUT2D eigenvalue weighted by Crippen LogP contribution is -2.35. The molecule has 0 saturated carbocycles. The van der Waals surface area contributed by atoms with Crippen LogP contribution < -0.4 is 9.62 Å². The zero-order valence-electron chi connectivity index (χ0n) is 13.1. The Morgan fingerprint density at radius 1 is 1.29 bits per heavy atom. The van der Waals surface area contributed by atoms with Crippen molar-refractivity contribution in [3.8, 4) is 0 Å². The van der Waals surface area contributed by atoms with Gasteiger partial charge in [-0.3, -0.25) is 9.10 Å². The third-order valence-corrected chi connectivity index (χ3v) is 4.54. The van der Waals surface area contributed by atoms with E-state index in [1.807, 2.05) is 32.9 Å². The predicted octanol–water partition coefficient (Wildman–Crippen LogP) is 1.99. The molecule has 0 unspecified atom stereocenters. The fourth-order valence-corrected chi connectivity index (χ4v) is 3.00. The molecule has 1 N–H and O–H groups in total. The van der Waals surface area contributed by atoms with Crippen LogP contribution >= 0.6 is 0 Å². The van der Waals surface area contributed by atoms with Gasteiger partial charge in [0.2, 0.25) is 15.9 Å². The Kier molecular flexibility index (Phi) is 6.20. The van der Waals surface area contributed by atoms with E-state index in [4.69, 9.17) is 0 Å². The first kappa shape index (κ1) is 17.5. The number of nitrogens with one attached hydrogen (secondary N) is 1. The molecule has 1 rings (SSSR count). The maximum Gasteiger partial charge on any atom is 0.232 e. The van der Waals surface area contributed by atoms with Crippen LogP contribution in [0.3, 0.4) is 0 Å². The number of rotatable bonds is 7. The molecular formula is C15H24N2O3S. The summed E-state index contributed by atoms with van der Waals surface area (Å²) < 4.78 is 25.3. The van der Waals surface area contributed by atoms with Crippen molar-refractivity contribution in [1.82, 2.24) is 5.32 Å². The van der Waals surface area contributed by atoms with Crippen molar-refractivity contribution in [2.45, 2.75) is 33.6 Å². The van der Waals surface area contributed by atoms with Crippen LogP contribution in [0.1, 0.15) is 30.9 Å². The topological polar surface area (TPSA) is 66.5 Å². The number of carbonyl (C=O) groups excluding carboxylic acids is 1. The Balaban J connectivity index is 2.93. The van der Waals surface area contributed by atoms with E-state index in [1.165, 1.54) is 10.6 Å². The number of hydrogen-bond donors (Lipinski definition) is 1. The fraction of sp³-hybridized carbons (Fsp3) is 0.533. The van der Waals surface area contributed by atoms with Crippen LogP contribution in [0.25, 0.3) is 0 Å². The maximum absolute atomic E-state index is 12.0. The second-order valence-corrected chi connectivity index (χ2v) is 7.06. The van der Waals surface area contributed by atoms with E-state index in [0.29, 0.717) is 12.2 Å². The second-order valence-electron chi connectivity index (χ2n) is 5.15. The summed E-state index contributed by atoms with van der Waals surface area (Å²) in [6.45, 7) is 6.56. The molecule has 0 aliphatic heterocycles. The van der Waals surface area contributed by atoms with Crippen molar-refractivity contribution < 1.29 is 13.2 Å². The van der Waals surface area contributed by atoms with E-state index in [2.05, 4.69) is 5.32 Å². The van der Waals surface area contributed by atoms with Crippen molar-refractivity contribution >= 4 is 21.6 Å². The van der Waals surface area contributed by atoms with Crippen molar-refractivity contribution in [3.63, 3.8) is 0 Å². The van der Waals surface area contributed by atoms with Gasteiger partial charge in [0.05, 0.1) is 11.9 Å². The van der Waals surface area contributed by atoms with E-state index < -0.39 is 10.0 Å². The predicted molar refractivity (Wildman–Crippen MR) is 86.0 cm³/mol. The Morgan fingerprint density at radius 2 is 1.95 bits per heavy atom. The molecule has 1 aromatic rings. The number of aryl methyl sites for hydroxylation is 1. The average Bonchev–Trinajstić information content (AvgIpc) is 2.39. The molecule has 21 heavy (non-hydrogen) atoms. The number of nitrogens with zero attached hydrogens (tertiary/aromatic N) is 1. The molecule has 0 atom stereocenters. The molecular weight excluding hydrogens is 288 g/mol. The lowest BCUT2D eigenvalue weighted by atomic mass is 10.1. The van der Waals surface area contributed by atoms with Crippen LogP contribution in [0.2, 0.25) is 0 Å². The highest BCUT2D eigenvalue weighted by molar-refractivity contribution is 7.92. The summed E-state index contributed by atoms with van der Waals surface area (Å²) in [4.78, 5) is 11.7. The molecule has 0 spiro atoms. The third kappa shape index (κ3) is 5.04. The molecule has 1 aromatic carbocycles. The Labute approximate surface area is 127 Å². The highest BCUT2D eigenvalue weighted by atomic mass is 32.2. The van der Waals surface area contributed by atoms with Gasteiger partial charge in [-0.15, -0.1) is 0 Å². The minimum absolute atomic E-state index is 0.129. The van der Waals surface area contributed by atoms with E-state index in [0.717, 1.165) is 17.5 Å². The Morgan fingerprint density at radius 3 is 2.52 bits per heavy atom. The highest BCUT2D eigenvalue weighted by Crippen LogP contribution is 2.25. The Bertz CT molecular complexity index is 597. The third-order valence-electron chi connectivity index (χ3n) is 3.36. The SMILES string of the molecule is CCCNC(=O)CCN(c1cccc(C)c1C)S(C)(=O)=O. The molecule has 0 radical (unpaired) electrons. The largest absolute Gasteiger partial charge is 0.356 e. The van der Waals surface area contributed by atoms with Gasteiger partial charge in [-0.25, -0.2) is 8.42 Å². The zero-order valence-corrected chi connectivity index (χ0v) is 14.0. The molecule has 1 amide bonds. The first-order chi connectivity index (χ1) is 9.77. The smallest absolute Gasteiger partial charge is 0.232 e. The van der Waals surface area contributed by atoms with Gasteiger partial charge < -0.3 is 5.32 Å². The molecule has 0 aliphatic carbocycles. The number of anilines is 1. The van der Waals surface area contributed by atoms with Gasteiger partial charge in [-0.05, 0) is 37.5 Å². The van der Waals surface area contributed by atoms with Crippen molar-refractivity contribution in [2.24, 2.45) is 0 Å². The first-order valence-electron chi connectivity index (χ1n) is 7.08. The van der Waals surface area contributed by atoms with Crippen LogP contribution in [-0.4, -0.2) is 33.7 Å². The van der Waals surface area contributed by atoms with Gasteiger partial charge >= 0.3 is 0 Å². The minimum atomic E-state index is -3.42. The fourth-order valence-electron chi connectivity index (χ4n) is 2.03. The lowest BCUT2D eigenvalue weighted by molar-refractivity contribution is -0.120. The van der Waals surface area contributed by atoms with Gasteiger partial charge in [-0.1, -0.05) is 19.1 Å². The van der Waals surface area contributed by atoms with Gasteiger partial charge in [-0.2, -0.15) is 0 Å². The quantitative estimate of drug-likeness (QED) is 0.837. The second kappa shape index (κ2) is 7.45. The van der Waals surface area contributed by atoms with E-state index in [9.17, 15) is 13.2 Å². The molecule has 0 heterocycles. The summed E-state index contributed by atoms with van der Waals surface area (Å²) in [7, 11) is -3.42. The van der Waals surface area contributed by atoms with Crippen molar-refractivity contribution in [3.05, 3.63) is 29.3 Å². The average molecular weight is 312 g/mol.